The number of ether oxygens (including phenoxy) is 1. The molecule has 1 aromatic carbocycles. The molecule has 0 bridgehead atoms. The van der Waals surface area contributed by atoms with E-state index < -0.39 is 10.0 Å². The van der Waals surface area contributed by atoms with Crippen molar-refractivity contribution in [3.63, 3.8) is 0 Å². The molecule has 21 heavy (non-hydrogen) atoms. The van der Waals surface area contributed by atoms with E-state index in [1.54, 1.807) is 0 Å². The van der Waals surface area contributed by atoms with Crippen molar-refractivity contribution in [2.45, 2.75) is 44.9 Å². The molecule has 120 valence electrons. The van der Waals surface area contributed by atoms with E-state index in [4.69, 9.17) is 21.5 Å². The van der Waals surface area contributed by atoms with Crippen LogP contribution in [0.3, 0.4) is 0 Å². The summed E-state index contributed by atoms with van der Waals surface area (Å²) in [6, 6.07) is 7.37. The molecule has 0 unspecified atom stereocenters. The minimum Gasteiger partial charge on any atom is -0.494 e. The van der Waals surface area contributed by atoms with Crippen LogP contribution in [0.1, 0.15) is 44.9 Å². The van der Waals surface area contributed by atoms with Gasteiger partial charge in [-0.05, 0) is 37.1 Å². The lowest BCUT2D eigenvalue weighted by molar-refractivity contribution is 0.304. The summed E-state index contributed by atoms with van der Waals surface area (Å²) in [6.45, 7) is 0.715. The first-order valence-electron chi connectivity index (χ1n) is 7.36. The van der Waals surface area contributed by atoms with Crippen LogP contribution in [0.25, 0.3) is 0 Å². The topological polar surface area (TPSA) is 69.4 Å². The standard InChI is InChI=1S/C15H24ClNO3S/c16-14-8-10-15(11-9-14)20-12-6-4-2-1-3-5-7-13-21(17,18)19/h8-11H,1-7,12-13H2,(H2,17,18,19). The van der Waals surface area contributed by atoms with E-state index in [1.807, 2.05) is 24.3 Å². The van der Waals surface area contributed by atoms with Gasteiger partial charge in [-0.15, -0.1) is 0 Å². The lowest BCUT2D eigenvalue weighted by Gasteiger charge is -2.06. The SMILES string of the molecule is NS(=O)(=O)CCCCCCCCCOc1ccc(Cl)cc1. The molecule has 0 aromatic heterocycles. The molecule has 0 aliphatic carbocycles. The monoisotopic (exact) mass is 333 g/mol. The minimum absolute atomic E-state index is 0.0991. The molecule has 0 aliphatic heterocycles. The zero-order chi connectivity index (χ0) is 15.6. The smallest absolute Gasteiger partial charge is 0.209 e. The van der Waals surface area contributed by atoms with Crippen LogP contribution in [-0.2, 0) is 10.0 Å². The van der Waals surface area contributed by atoms with E-state index in [2.05, 4.69) is 0 Å². The number of nitrogens with two attached hydrogens (primary N) is 1. The summed E-state index contributed by atoms with van der Waals surface area (Å²) >= 11 is 5.80. The molecule has 0 heterocycles. The van der Waals surface area contributed by atoms with Gasteiger partial charge in [0.2, 0.25) is 10.0 Å². The summed E-state index contributed by atoms with van der Waals surface area (Å²) in [5, 5.41) is 5.65. The van der Waals surface area contributed by atoms with Crippen LogP contribution in [0.5, 0.6) is 5.75 Å². The normalized spacial score (nSPS) is 11.5. The van der Waals surface area contributed by atoms with Gasteiger partial charge in [0, 0.05) is 5.02 Å². The summed E-state index contributed by atoms with van der Waals surface area (Å²) in [6.07, 6.45) is 7.09. The first kappa shape index (κ1) is 18.3. The van der Waals surface area contributed by atoms with Crippen molar-refractivity contribution in [2.24, 2.45) is 5.14 Å². The second-order valence-electron chi connectivity index (χ2n) is 5.14. The van der Waals surface area contributed by atoms with Crippen molar-refractivity contribution in [2.75, 3.05) is 12.4 Å². The fraction of sp³-hybridized carbons (Fsp3) is 0.600. The van der Waals surface area contributed by atoms with Gasteiger partial charge in [-0.2, -0.15) is 0 Å². The van der Waals surface area contributed by atoms with Crippen LogP contribution in [0.15, 0.2) is 24.3 Å². The Kier molecular flexibility index (Phi) is 8.73. The van der Waals surface area contributed by atoms with Gasteiger partial charge in [0.05, 0.1) is 12.4 Å². The Balaban J connectivity index is 1.90. The van der Waals surface area contributed by atoms with Gasteiger partial charge < -0.3 is 4.74 Å². The summed E-state index contributed by atoms with van der Waals surface area (Å²) in [7, 11) is -3.28. The highest BCUT2D eigenvalue weighted by molar-refractivity contribution is 7.89. The van der Waals surface area contributed by atoms with Crippen LogP contribution in [0.4, 0.5) is 0 Å². The Morgan fingerprint density at radius 2 is 1.43 bits per heavy atom. The zero-order valence-electron chi connectivity index (χ0n) is 12.3. The number of rotatable bonds is 11. The molecule has 0 spiro atoms. The van der Waals surface area contributed by atoms with Crippen molar-refractivity contribution >= 4 is 21.6 Å². The third-order valence-electron chi connectivity index (χ3n) is 3.16. The summed E-state index contributed by atoms with van der Waals surface area (Å²) in [5.74, 6) is 0.949. The van der Waals surface area contributed by atoms with E-state index in [0.29, 0.717) is 18.1 Å². The van der Waals surface area contributed by atoms with Crippen molar-refractivity contribution in [1.29, 1.82) is 0 Å². The highest BCUT2D eigenvalue weighted by Gasteiger charge is 2.01. The maximum Gasteiger partial charge on any atom is 0.209 e. The molecule has 0 amide bonds. The molecule has 0 saturated heterocycles. The Bertz CT molecular complexity index is 488. The van der Waals surface area contributed by atoms with Gasteiger partial charge in [-0.1, -0.05) is 43.7 Å². The third kappa shape index (κ3) is 10.6. The number of sulfonamides is 1. The van der Waals surface area contributed by atoms with Crippen LogP contribution >= 0.6 is 11.6 Å². The van der Waals surface area contributed by atoms with E-state index in [0.717, 1.165) is 44.3 Å². The fourth-order valence-electron chi connectivity index (χ4n) is 2.01. The third-order valence-corrected chi connectivity index (χ3v) is 4.27. The number of hydrogen-bond donors (Lipinski definition) is 1. The fourth-order valence-corrected chi connectivity index (χ4v) is 2.74. The van der Waals surface area contributed by atoms with Crippen LogP contribution in [0, 0.1) is 0 Å². The van der Waals surface area contributed by atoms with E-state index >= 15 is 0 Å². The molecule has 2 N–H and O–H groups in total. The minimum atomic E-state index is -3.28. The molecule has 4 nitrogen and oxygen atoms in total. The van der Waals surface area contributed by atoms with Gasteiger partial charge in [-0.3, -0.25) is 0 Å². The zero-order valence-corrected chi connectivity index (χ0v) is 13.8. The molecule has 0 aliphatic rings. The van der Waals surface area contributed by atoms with E-state index in [1.165, 1.54) is 0 Å². The van der Waals surface area contributed by atoms with Gasteiger partial charge in [0.25, 0.3) is 0 Å². The Morgan fingerprint density at radius 3 is 2.00 bits per heavy atom. The molecule has 0 saturated carbocycles. The summed E-state index contributed by atoms with van der Waals surface area (Å²) in [5.41, 5.74) is 0. The molecule has 0 fully saturated rings. The largest absolute Gasteiger partial charge is 0.494 e. The number of halogens is 1. The number of unbranched alkanes of at least 4 members (excludes halogenated alkanes) is 6. The average molecular weight is 334 g/mol. The van der Waals surface area contributed by atoms with Crippen molar-refractivity contribution in [1.82, 2.24) is 0 Å². The summed E-state index contributed by atoms with van der Waals surface area (Å²) in [4.78, 5) is 0. The van der Waals surface area contributed by atoms with Crippen LogP contribution in [0.2, 0.25) is 5.02 Å². The molecule has 1 aromatic rings. The quantitative estimate of drug-likeness (QED) is 0.627. The van der Waals surface area contributed by atoms with Crippen molar-refractivity contribution in [3.05, 3.63) is 29.3 Å². The lowest BCUT2D eigenvalue weighted by atomic mass is 10.1. The average Bonchev–Trinajstić information content (AvgIpc) is 2.42. The predicted molar refractivity (Wildman–Crippen MR) is 87.2 cm³/mol. The predicted octanol–water partition coefficient (Wildman–Crippen LogP) is 3.74. The van der Waals surface area contributed by atoms with Gasteiger partial charge in [-0.25, -0.2) is 13.6 Å². The number of benzene rings is 1. The van der Waals surface area contributed by atoms with E-state index in [-0.39, 0.29) is 5.75 Å². The molecular weight excluding hydrogens is 310 g/mol. The second-order valence-corrected chi connectivity index (χ2v) is 7.31. The van der Waals surface area contributed by atoms with E-state index in [9.17, 15) is 8.42 Å². The molecule has 1 rings (SSSR count). The summed E-state index contributed by atoms with van der Waals surface area (Å²) < 4.78 is 27.1. The van der Waals surface area contributed by atoms with Gasteiger partial charge in [0.1, 0.15) is 5.75 Å². The molecule has 6 heteroatoms. The van der Waals surface area contributed by atoms with Crippen LogP contribution < -0.4 is 9.88 Å². The van der Waals surface area contributed by atoms with Crippen molar-refractivity contribution < 1.29 is 13.2 Å². The van der Waals surface area contributed by atoms with Crippen LogP contribution in [-0.4, -0.2) is 20.8 Å². The molecule has 0 atom stereocenters. The maximum absolute atomic E-state index is 10.7. The molecular formula is C15H24ClNO3S. The second kappa shape index (κ2) is 10.0. The lowest BCUT2D eigenvalue weighted by Crippen LogP contribution is -2.16. The Morgan fingerprint density at radius 1 is 0.905 bits per heavy atom. The maximum atomic E-state index is 10.7. The highest BCUT2D eigenvalue weighted by Crippen LogP contribution is 2.16. The highest BCUT2D eigenvalue weighted by atomic mass is 35.5. The first-order valence-corrected chi connectivity index (χ1v) is 9.45. The molecule has 0 radical (unpaired) electrons. The Hall–Kier alpha value is -0.780. The first-order chi connectivity index (χ1) is 9.97. The number of primary sulfonamides is 1. The van der Waals surface area contributed by atoms with Crippen molar-refractivity contribution in [3.8, 4) is 5.75 Å². The van der Waals surface area contributed by atoms with Gasteiger partial charge >= 0.3 is 0 Å². The number of hydrogen-bond acceptors (Lipinski definition) is 3. The van der Waals surface area contributed by atoms with Gasteiger partial charge in [0.15, 0.2) is 0 Å². The Labute approximate surface area is 132 Å².